The molecule has 2 atom stereocenters. The molecule has 3 rings (SSSR count). The summed E-state index contributed by atoms with van der Waals surface area (Å²) in [6.07, 6.45) is -18.0. The third-order valence-corrected chi connectivity index (χ3v) is 5.45. The Morgan fingerprint density at radius 3 is 2.06 bits per heavy atom. The first-order chi connectivity index (χ1) is 14.0. The van der Waals surface area contributed by atoms with Gasteiger partial charge in [0.2, 0.25) is 5.56 Å². The Hall–Kier alpha value is -2.44. The number of hydrogen-bond acceptors (Lipinski definition) is 3. The van der Waals surface area contributed by atoms with E-state index >= 15 is 0 Å². The minimum atomic E-state index is -6.09. The van der Waals surface area contributed by atoms with Crippen molar-refractivity contribution in [2.75, 3.05) is 4.90 Å². The van der Waals surface area contributed by atoms with Gasteiger partial charge < -0.3 is 15.0 Å². The Bertz CT molecular complexity index is 1030. The van der Waals surface area contributed by atoms with Gasteiger partial charge in [-0.05, 0) is 38.0 Å². The SMILES string of the molecule is CC1CCC(C(O)(C(F)(F)F)C(F)(F)F)N1c1ccc2[nH]c(=O)cc(C(F)(F)F)c2c1. The zero-order valence-corrected chi connectivity index (χ0v) is 15.6. The molecule has 0 radical (unpaired) electrons. The summed E-state index contributed by atoms with van der Waals surface area (Å²) in [6, 6.07) is -0.494. The van der Waals surface area contributed by atoms with Gasteiger partial charge in [-0.1, -0.05) is 0 Å². The van der Waals surface area contributed by atoms with Crippen molar-refractivity contribution in [3.05, 3.63) is 40.2 Å². The number of alkyl halides is 9. The lowest BCUT2D eigenvalue weighted by molar-refractivity contribution is -0.373. The number of fused-ring (bicyclic) bond motifs is 1. The van der Waals surface area contributed by atoms with Crippen molar-refractivity contribution in [2.45, 2.75) is 56.0 Å². The maximum absolute atomic E-state index is 13.4. The number of aromatic amines is 1. The zero-order valence-electron chi connectivity index (χ0n) is 15.6. The van der Waals surface area contributed by atoms with E-state index < -0.39 is 59.1 Å². The minimum Gasteiger partial charge on any atom is -0.372 e. The van der Waals surface area contributed by atoms with Gasteiger partial charge in [-0.25, -0.2) is 0 Å². The number of aromatic nitrogens is 1. The number of anilines is 1. The van der Waals surface area contributed by atoms with Crippen molar-refractivity contribution in [3.63, 3.8) is 0 Å². The molecule has 1 fully saturated rings. The molecule has 13 heteroatoms. The molecule has 0 bridgehead atoms. The highest BCUT2D eigenvalue weighted by Gasteiger charge is 2.75. The molecule has 31 heavy (non-hydrogen) atoms. The molecule has 2 unspecified atom stereocenters. The number of pyridine rings is 1. The van der Waals surface area contributed by atoms with E-state index in [1.165, 1.54) is 6.92 Å². The molecule has 2 heterocycles. The van der Waals surface area contributed by atoms with E-state index in [4.69, 9.17) is 0 Å². The second-order valence-corrected chi connectivity index (χ2v) is 7.39. The molecule has 2 aromatic rings. The molecule has 1 aliphatic rings. The quantitative estimate of drug-likeness (QED) is 0.633. The lowest BCUT2D eigenvalue weighted by Crippen LogP contribution is -2.67. The van der Waals surface area contributed by atoms with Crippen molar-refractivity contribution in [3.8, 4) is 0 Å². The molecular formula is C18H15F9N2O2. The smallest absolute Gasteiger partial charge is 0.372 e. The third kappa shape index (κ3) is 3.72. The molecule has 0 aliphatic carbocycles. The average molecular weight is 462 g/mol. The number of rotatable bonds is 2. The maximum Gasteiger partial charge on any atom is 0.428 e. The second kappa shape index (κ2) is 7.04. The highest BCUT2D eigenvalue weighted by Crippen LogP contribution is 2.51. The Labute approximate surface area is 168 Å². The average Bonchev–Trinajstić information content (AvgIpc) is 2.98. The van der Waals surface area contributed by atoms with Crippen LogP contribution >= 0.6 is 0 Å². The first-order valence-electron chi connectivity index (χ1n) is 8.87. The van der Waals surface area contributed by atoms with Gasteiger partial charge in [-0.3, -0.25) is 4.79 Å². The summed E-state index contributed by atoms with van der Waals surface area (Å²) in [4.78, 5) is 14.3. The fourth-order valence-electron chi connectivity index (χ4n) is 4.00. The van der Waals surface area contributed by atoms with E-state index in [1.807, 2.05) is 0 Å². The Kier molecular flexibility index (Phi) is 5.27. The van der Waals surface area contributed by atoms with E-state index in [-0.39, 0.29) is 23.7 Å². The van der Waals surface area contributed by atoms with Gasteiger partial charge >= 0.3 is 18.5 Å². The number of H-pyrrole nitrogens is 1. The largest absolute Gasteiger partial charge is 0.428 e. The second-order valence-electron chi connectivity index (χ2n) is 7.39. The summed E-state index contributed by atoms with van der Waals surface area (Å²) >= 11 is 0. The monoisotopic (exact) mass is 462 g/mol. The van der Waals surface area contributed by atoms with Crippen molar-refractivity contribution in [1.29, 1.82) is 0 Å². The minimum absolute atomic E-state index is 0.172. The van der Waals surface area contributed by atoms with Gasteiger partial charge in [0.05, 0.1) is 11.6 Å². The van der Waals surface area contributed by atoms with Crippen LogP contribution in [0.3, 0.4) is 0 Å². The molecule has 1 saturated heterocycles. The Balaban J connectivity index is 2.22. The van der Waals surface area contributed by atoms with Gasteiger partial charge in [-0.15, -0.1) is 0 Å². The van der Waals surface area contributed by atoms with Crippen LogP contribution in [0.5, 0.6) is 0 Å². The molecule has 0 amide bonds. The van der Waals surface area contributed by atoms with Gasteiger partial charge in [0.25, 0.3) is 5.60 Å². The highest BCUT2D eigenvalue weighted by molar-refractivity contribution is 5.86. The molecule has 1 aliphatic heterocycles. The summed E-state index contributed by atoms with van der Waals surface area (Å²) in [6.45, 7) is 1.30. The normalized spacial score (nSPS) is 21.2. The molecule has 0 spiro atoms. The molecule has 1 aromatic heterocycles. The highest BCUT2D eigenvalue weighted by atomic mass is 19.4. The van der Waals surface area contributed by atoms with E-state index in [9.17, 15) is 49.4 Å². The standard InChI is InChI=1S/C18H15F9N2O2/c1-8-2-5-13(15(31,17(22,23)24)18(25,26)27)29(8)9-3-4-12-10(6-9)11(16(19,20)21)7-14(30)28-12/h3-4,6-8,13,31H,2,5H2,1H3,(H,28,30). The summed E-state index contributed by atoms with van der Waals surface area (Å²) in [5, 5.41) is 9.24. The van der Waals surface area contributed by atoms with Crippen LogP contribution < -0.4 is 10.5 Å². The van der Waals surface area contributed by atoms with Crippen LogP contribution in [0.25, 0.3) is 10.9 Å². The zero-order chi connectivity index (χ0) is 23.6. The third-order valence-electron chi connectivity index (χ3n) is 5.45. The van der Waals surface area contributed by atoms with Gasteiger partial charge in [0, 0.05) is 28.7 Å². The maximum atomic E-state index is 13.4. The van der Waals surface area contributed by atoms with E-state index in [0.717, 1.165) is 18.2 Å². The van der Waals surface area contributed by atoms with Crippen molar-refractivity contribution < 1.29 is 44.6 Å². The number of hydrogen-bond donors (Lipinski definition) is 2. The van der Waals surface area contributed by atoms with Gasteiger partial charge in [0.15, 0.2) is 0 Å². The van der Waals surface area contributed by atoms with Crippen LogP contribution in [0.1, 0.15) is 25.3 Å². The topological polar surface area (TPSA) is 56.3 Å². The number of nitrogens with one attached hydrogen (secondary N) is 1. The van der Waals surface area contributed by atoms with Crippen LogP contribution in [0.2, 0.25) is 0 Å². The van der Waals surface area contributed by atoms with Gasteiger partial charge in [0.1, 0.15) is 0 Å². The fourth-order valence-corrected chi connectivity index (χ4v) is 4.00. The fraction of sp³-hybridized carbons (Fsp3) is 0.500. The van der Waals surface area contributed by atoms with Crippen LogP contribution in [0, 0.1) is 0 Å². The molecule has 0 saturated carbocycles. The van der Waals surface area contributed by atoms with Crippen molar-refractivity contribution in [1.82, 2.24) is 4.98 Å². The molecule has 4 nitrogen and oxygen atoms in total. The Morgan fingerprint density at radius 1 is 0.968 bits per heavy atom. The summed E-state index contributed by atoms with van der Waals surface area (Å²) < 4.78 is 120. The van der Waals surface area contributed by atoms with E-state index in [0.29, 0.717) is 4.90 Å². The van der Waals surface area contributed by atoms with E-state index in [2.05, 4.69) is 4.98 Å². The lowest BCUT2D eigenvalue weighted by Gasteiger charge is -2.43. The Morgan fingerprint density at radius 2 is 1.55 bits per heavy atom. The molecule has 1 aromatic carbocycles. The van der Waals surface area contributed by atoms with Crippen LogP contribution in [-0.2, 0) is 6.18 Å². The van der Waals surface area contributed by atoms with E-state index in [1.54, 1.807) is 0 Å². The predicted octanol–water partition coefficient (Wildman–Crippen LogP) is 4.76. The van der Waals surface area contributed by atoms with Gasteiger partial charge in [-0.2, -0.15) is 39.5 Å². The number of halogens is 9. The summed E-state index contributed by atoms with van der Waals surface area (Å²) in [5.41, 5.74) is -8.25. The first kappa shape index (κ1) is 23.2. The lowest BCUT2D eigenvalue weighted by atomic mass is 9.90. The first-order valence-corrected chi connectivity index (χ1v) is 8.87. The van der Waals surface area contributed by atoms with Crippen LogP contribution in [0.4, 0.5) is 45.2 Å². The van der Waals surface area contributed by atoms with Crippen LogP contribution in [-0.4, -0.2) is 40.1 Å². The predicted molar refractivity (Wildman–Crippen MR) is 91.6 cm³/mol. The number of benzene rings is 1. The summed E-state index contributed by atoms with van der Waals surface area (Å²) in [7, 11) is 0. The summed E-state index contributed by atoms with van der Waals surface area (Å²) in [5.74, 6) is 0. The molecule has 2 N–H and O–H groups in total. The number of nitrogens with zero attached hydrogens (tertiary/aromatic N) is 1. The molecular weight excluding hydrogens is 447 g/mol. The molecule has 172 valence electrons. The van der Waals surface area contributed by atoms with Crippen molar-refractivity contribution >= 4 is 16.6 Å². The number of aliphatic hydroxyl groups is 1. The van der Waals surface area contributed by atoms with Crippen LogP contribution in [0.15, 0.2) is 29.1 Å². The van der Waals surface area contributed by atoms with Crippen molar-refractivity contribution in [2.24, 2.45) is 0 Å².